The second-order valence-electron chi connectivity index (χ2n) is 4.38. The van der Waals surface area contributed by atoms with Crippen molar-refractivity contribution in [2.24, 2.45) is 0 Å². The van der Waals surface area contributed by atoms with Crippen molar-refractivity contribution >= 4 is 27.5 Å². The average Bonchev–Trinajstić information content (AvgIpc) is 3.02. The Kier molecular flexibility index (Phi) is 3.83. The molecule has 3 aromatic rings. The molecule has 0 bridgehead atoms. The predicted octanol–water partition coefficient (Wildman–Crippen LogP) is 4.36. The van der Waals surface area contributed by atoms with E-state index in [1.165, 1.54) is 6.39 Å². The molecule has 2 aromatic carbocycles. The smallest absolute Gasteiger partial charge is 0.256 e. The minimum atomic E-state index is -0.158. The lowest BCUT2D eigenvalue weighted by Crippen LogP contribution is -2.12. The van der Waals surface area contributed by atoms with Crippen LogP contribution in [0.3, 0.4) is 0 Å². The number of anilines is 1. The summed E-state index contributed by atoms with van der Waals surface area (Å²) in [5.74, 6) is 0.536. The van der Waals surface area contributed by atoms with E-state index < -0.39 is 0 Å². The van der Waals surface area contributed by atoms with Gasteiger partial charge in [0.05, 0.1) is 11.8 Å². The minimum Gasteiger partial charge on any atom is -0.444 e. The van der Waals surface area contributed by atoms with Crippen molar-refractivity contribution in [3.05, 3.63) is 71.2 Å². The molecule has 0 saturated heterocycles. The number of carbonyl (C=O) groups is 1. The number of hydrogen-bond donors (Lipinski definition) is 1. The number of benzene rings is 2. The third-order valence-corrected chi connectivity index (χ3v) is 3.67. The highest BCUT2D eigenvalue weighted by Crippen LogP contribution is 2.22. The van der Waals surface area contributed by atoms with Crippen LogP contribution in [0.5, 0.6) is 0 Å². The van der Waals surface area contributed by atoms with E-state index in [9.17, 15) is 4.79 Å². The molecule has 0 saturated carbocycles. The summed E-state index contributed by atoms with van der Waals surface area (Å²) in [6, 6.07) is 14.7. The number of aromatic nitrogens is 1. The molecule has 0 unspecified atom stereocenters. The van der Waals surface area contributed by atoms with E-state index >= 15 is 0 Å². The summed E-state index contributed by atoms with van der Waals surface area (Å²) in [5, 5.41) is 2.86. The molecule has 0 aliphatic rings. The Hall–Kier alpha value is -2.40. The fourth-order valence-corrected chi connectivity index (χ4v) is 2.38. The lowest BCUT2D eigenvalue weighted by Gasteiger charge is -2.07. The Balaban J connectivity index is 1.77. The lowest BCUT2D eigenvalue weighted by molar-refractivity contribution is 0.102. The molecule has 0 aliphatic heterocycles. The van der Waals surface area contributed by atoms with E-state index in [1.807, 2.05) is 42.5 Å². The van der Waals surface area contributed by atoms with Crippen molar-refractivity contribution in [2.75, 3.05) is 5.32 Å². The maximum absolute atomic E-state index is 12.2. The molecule has 21 heavy (non-hydrogen) atoms. The van der Waals surface area contributed by atoms with Crippen LogP contribution in [-0.4, -0.2) is 10.9 Å². The zero-order valence-corrected chi connectivity index (χ0v) is 12.5. The average molecular weight is 343 g/mol. The second-order valence-corrected chi connectivity index (χ2v) is 5.23. The van der Waals surface area contributed by atoms with E-state index in [2.05, 4.69) is 26.2 Å². The number of halogens is 1. The van der Waals surface area contributed by atoms with Gasteiger partial charge in [0.1, 0.15) is 0 Å². The Bertz CT molecular complexity index is 752. The molecule has 0 aliphatic carbocycles. The van der Waals surface area contributed by atoms with Crippen molar-refractivity contribution < 1.29 is 9.21 Å². The van der Waals surface area contributed by atoms with E-state index in [0.717, 1.165) is 15.7 Å². The Labute approximate surface area is 130 Å². The number of nitrogens with one attached hydrogen (secondary N) is 1. The quantitative estimate of drug-likeness (QED) is 0.769. The first-order valence-corrected chi connectivity index (χ1v) is 7.08. The molecule has 5 heteroatoms. The van der Waals surface area contributed by atoms with Gasteiger partial charge in [-0.05, 0) is 52.3 Å². The molecule has 0 spiro atoms. The highest BCUT2D eigenvalue weighted by molar-refractivity contribution is 9.10. The van der Waals surface area contributed by atoms with E-state index in [-0.39, 0.29) is 5.91 Å². The van der Waals surface area contributed by atoms with Gasteiger partial charge in [-0.3, -0.25) is 4.79 Å². The van der Waals surface area contributed by atoms with Gasteiger partial charge in [0, 0.05) is 15.7 Å². The van der Waals surface area contributed by atoms with Crippen molar-refractivity contribution in [1.29, 1.82) is 0 Å². The van der Waals surface area contributed by atoms with Crippen LogP contribution < -0.4 is 5.32 Å². The zero-order valence-electron chi connectivity index (χ0n) is 10.9. The monoisotopic (exact) mass is 342 g/mol. The van der Waals surface area contributed by atoms with Crippen molar-refractivity contribution in [3.8, 4) is 11.3 Å². The molecule has 1 aromatic heterocycles. The number of rotatable bonds is 3. The normalized spacial score (nSPS) is 10.3. The predicted molar refractivity (Wildman–Crippen MR) is 84.0 cm³/mol. The molecule has 4 nitrogen and oxygen atoms in total. The van der Waals surface area contributed by atoms with Crippen molar-refractivity contribution in [1.82, 2.24) is 4.98 Å². The van der Waals surface area contributed by atoms with Crippen LogP contribution in [0.15, 0.2) is 70.0 Å². The molecule has 0 atom stereocenters. The van der Waals surface area contributed by atoms with Crippen LogP contribution >= 0.6 is 15.9 Å². The van der Waals surface area contributed by atoms with Gasteiger partial charge in [-0.25, -0.2) is 4.98 Å². The van der Waals surface area contributed by atoms with Crippen LogP contribution in [0.1, 0.15) is 10.4 Å². The summed E-state index contributed by atoms with van der Waals surface area (Å²) in [4.78, 5) is 16.1. The third kappa shape index (κ3) is 3.03. The number of nitrogens with zero attached hydrogens (tertiary/aromatic N) is 1. The van der Waals surface area contributed by atoms with Crippen molar-refractivity contribution in [2.45, 2.75) is 0 Å². The molecule has 1 amide bonds. The summed E-state index contributed by atoms with van der Waals surface area (Å²) in [5.41, 5.74) is 2.22. The first-order valence-electron chi connectivity index (χ1n) is 6.29. The molecule has 1 heterocycles. The van der Waals surface area contributed by atoms with Gasteiger partial charge in [0.15, 0.2) is 12.2 Å². The number of oxazole rings is 1. The van der Waals surface area contributed by atoms with Crippen LogP contribution in [0, 0.1) is 0 Å². The summed E-state index contributed by atoms with van der Waals surface area (Å²) in [7, 11) is 0. The maximum atomic E-state index is 12.2. The highest BCUT2D eigenvalue weighted by Gasteiger charge is 2.09. The molecule has 104 valence electrons. The summed E-state index contributed by atoms with van der Waals surface area (Å²) in [6.45, 7) is 0. The molecular formula is C16H11BrN2O2. The summed E-state index contributed by atoms with van der Waals surface area (Å²) >= 11 is 3.37. The number of amides is 1. The van der Waals surface area contributed by atoms with Gasteiger partial charge in [-0.2, -0.15) is 0 Å². The first kappa shape index (κ1) is 13.6. The standard InChI is InChI=1S/C16H11BrN2O2/c17-14-4-2-1-3-13(14)16(20)19-12-7-5-11(6-8-12)15-9-18-10-21-15/h1-10H,(H,19,20). The third-order valence-electron chi connectivity index (χ3n) is 2.98. The van der Waals surface area contributed by atoms with E-state index in [1.54, 1.807) is 12.3 Å². The summed E-state index contributed by atoms with van der Waals surface area (Å²) < 4.78 is 5.99. The van der Waals surface area contributed by atoms with Crippen molar-refractivity contribution in [3.63, 3.8) is 0 Å². The molecule has 0 radical (unpaired) electrons. The summed E-state index contributed by atoms with van der Waals surface area (Å²) in [6.07, 6.45) is 3.03. The Morgan fingerprint density at radius 2 is 1.86 bits per heavy atom. The largest absolute Gasteiger partial charge is 0.444 e. The zero-order chi connectivity index (χ0) is 14.7. The van der Waals surface area contributed by atoms with Gasteiger partial charge >= 0.3 is 0 Å². The van der Waals surface area contributed by atoms with E-state index in [4.69, 9.17) is 4.42 Å². The molecule has 1 N–H and O–H groups in total. The topological polar surface area (TPSA) is 55.1 Å². The number of hydrogen-bond acceptors (Lipinski definition) is 3. The second kappa shape index (κ2) is 5.93. The van der Waals surface area contributed by atoms with Crippen LogP contribution in [-0.2, 0) is 0 Å². The maximum Gasteiger partial charge on any atom is 0.256 e. The van der Waals surface area contributed by atoms with Gasteiger partial charge in [0.25, 0.3) is 5.91 Å². The van der Waals surface area contributed by atoms with Crippen LogP contribution in [0.2, 0.25) is 0 Å². The molecule has 3 rings (SSSR count). The van der Waals surface area contributed by atoms with Gasteiger partial charge in [-0.15, -0.1) is 0 Å². The van der Waals surface area contributed by atoms with E-state index in [0.29, 0.717) is 11.3 Å². The number of carbonyl (C=O) groups excluding carboxylic acids is 1. The van der Waals surface area contributed by atoms with Gasteiger partial charge in [0.2, 0.25) is 0 Å². The molecule has 0 fully saturated rings. The fourth-order valence-electron chi connectivity index (χ4n) is 1.92. The van der Waals surface area contributed by atoms with Crippen LogP contribution in [0.4, 0.5) is 5.69 Å². The lowest BCUT2D eigenvalue weighted by atomic mass is 10.1. The van der Waals surface area contributed by atoms with Gasteiger partial charge < -0.3 is 9.73 Å². The SMILES string of the molecule is O=C(Nc1ccc(-c2cnco2)cc1)c1ccccc1Br. The fraction of sp³-hybridized carbons (Fsp3) is 0. The van der Waals surface area contributed by atoms with Gasteiger partial charge in [-0.1, -0.05) is 12.1 Å². The van der Waals surface area contributed by atoms with Crippen LogP contribution in [0.25, 0.3) is 11.3 Å². The molecular weight excluding hydrogens is 332 g/mol. The Morgan fingerprint density at radius 3 is 2.52 bits per heavy atom. The Morgan fingerprint density at radius 1 is 1.10 bits per heavy atom. The first-order chi connectivity index (χ1) is 10.2. The highest BCUT2D eigenvalue weighted by atomic mass is 79.9. The minimum absolute atomic E-state index is 0.158.